The monoisotopic (exact) mass is 270 g/mol. The number of carboxylic acids is 1. The van der Waals surface area contributed by atoms with E-state index in [0.717, 1.165) is 7.11 Å². The topological polar surface area (TPSA) is 99.1 Å². The first kappa shape index (κ1) is 14.7. The van der Waals surface area contributed by atoms with E-state index in [0.29, 0.717) is 0 Å². The van der Waals surface area contributed by atoms with Crippen molar-refractivity contribution >= 4 is 17.9 Å². The summed E-state index contributed by atoms with van der Waals surface area (Å²) in [6.45, 7) is 1.49. The van der Waals surface area contributed by atoms with Crippen LogP contribution in [0.1, 0.15) is 13.3 Å². The third kappa shape index (κ3) is 3.34. The van der Waals surface area contributed by atoms with Gasteiger partial charge < -0.3 is 19.3 Å². The number of ether oxygens (including phenoxy) is 3. The van der Waals surface area contributed by atoms with Crippen molar-refractivity contribution in [2.75, 3.05) is 14.2 Å². The van der Waals surface area contributed by atoms with Crippen LogP contribution in [0.5, 0.6) is 0 Å². The van der Waals surface area contributed by atoms with Crippen molar-refractivity contribution in [2.24, 2.45) is 0 Å². The predicted octanol–water partition coefficient (Wildman–Crippen LogP) is 0.406. The van der Waals surface area contributed by atoms with Crippen molar-refractivity contribution in [3.05, 3.63) is 23.0 Å². The van der Waals surface area contributed by atoms with Gasteiger partial charge in [0.05, 0.1) is 31.8 Å². The Morgan fingerprint density at radius 1 is 1.26 bits per heavy atom. The maximum Gasteiger partial charge on any atom is 0.341 e. The fraction of sp³-hybridized carbons (Fsp3) is 0.417. The summed E-state index contributed by atoms with van der Waals surface area (Å²) in [6, 6.07) is 0. The zero-order valence-electron chi connectivity index (χ0n) is 10.8. The van der Waals surface area contributed by atoms with Crippen LogP contribution in [0.2, 0.25) is 0 Å². The molecule has 1 rings (SSSR count). The van der Waals surface area contributed by atoms with E-state index in [1.807, 2.05) is 0 Å². The van der Waals surface area contributed by atoms with Gasteiger partial charge in [0.25, 0.3) is 0 Å². The Kier molecular flexibility index (Phi) is 4.68. The lowest BCUT2D eigenvalue weighted by atomic mass is 10.00. The van der Waals surface area contributed by atoms with Gasteiger partial charge in [-0.3, -0.25) is 4.79 Å². The van der Waals surface area contributed by atoms with Gasteiger partial charge in [-0.25, -0.2) is 9.59 Å². The highest BCUT2D eigenvalue weighted by Crippen LogP contribution is 2.26. The third-order valence-corrected chi connectivity index (χ3v) is 2.53. The molecule has 0 fully saturated rings. The van der Waals surface area contributed by atoms with E-state index in [2.05, 4.69) is 9.47 Å². The molecule has 0 saturated heterocycles. The van der Waals surface area contributed by atoms with Crippen molar-refractivity contribution in [1.82, 2.24) is 0 Å². The summed E-state index contributed by atoms with van der Waals surface area (Å²) in [7, 11) is 2.35. The fourth-order valence-electron chi connectivity index (χ4n) is 1.62. The Hall–Kier alpha value is -2.31. The van der Waals surface area contributed by atoms with Crippen molar-refractivity contribution in [3.63, 3.8) is 0 Å². The zero-order chi connectivity index (χ0) is 14.6. The van der Waals surface area contributed by atoms with E-state index in [-0.39, 0.29) is 16.9 Å². The normalized spacial score (nSPS) is 18.3. The minimum atomic E-state index is -1.13. The second-order valence-corrected chi connectivity index (χ2v) is 3.76. The minimum absolute atomic E-state index is 0.0316. The molecule has 0 aliphatic carbocycles. The summed E-state index contributed by atoms with van der Waals surface area (Å²) in [5.41, 5.74) is 0.0282. The van der Waals surface area contributed by atoms with Crippen LogP contribution in [-0.2, 0) is 28.6 Å². The van der Waals surface area contributed by atoms with Gasteiger partial charge in [-0.2, -0.15) is 0 Å². The van der Waals surface area contributed by atoms with Crippen LogP contribution in [-0.4, -0.2) is 43.3 Å². The van der Waals surface area contributed by atoms with Crippen LogP contribution in [0.4, 0.5) is 0 Å². The van der Waals surface area contributed by atoms with E-state index < -0.39 is 30.4 Å². The van der Waals surface area contributed by atoms with E-state index in [1.54, 1.807) is 0 Å². The number of hydrogen-bond donors (Lipinski definition) is 1. The number of aliphatic carboxylic acids is 1. The molecule has 1 aliphatic heterocycles. The van der Waals surface area contributed by atoms with Crippen molar-refractivity contribution in [2.45, 2.75) is 19.4 Å². The largest absolute Gasteiger partial charge is 0.489 e. The number of methoxy groups -OCH3 is 2. The Morgan fingerprint density at radius 3 is 2.32 bits per heavy atom. The van der Waals surface area contributed by atoms with Crippen molar-refractivity contribution in [1.29, 1.82) is 0 Å². The second kappa shape index (κ2) is 6.03. The number of carbonyl (C=O) groups is 3. The summed E-state index contributed by atoms with van der Waals surface area (Å²) in [5.74, 6) is -2.35. The van der Waals surface area contributed by atoms with Gasteiger partial charge in [-0.1, -0.05) is 0 Å². The molecule has 0 aromatic rings. The molecule has 0 amide bonds. The number of carbonyl (C=O) groups excluding carboxylic acids is 2. The number of allylic oxidation sites excluding steroid dienone is 1. The van der Waals surface area contributed by atoms with Gasteiger partial charge >= 0.3 is 17.9 Å². The highest BCUT2D eigenvalue weighted by Gasteiger charge is 2.32. The number of hydrogen-bond acceptors (Lipinski definition) is 6. The summed E-state index contributed by atoms with van der Waals surface area (Å²) in [5, 5.41) is 8.78. The molecule has 1 aliphatic rings. The van der Waals surface area contributed by atoms with Crippen LogP contribution in [0.3, 0.4) is 0 Å². The van der Waals surface area contributed by atoms with Crippen molar-refractivity contribution in [3.8, 4) is 0 Å². The average Bonchev–Trinajstić information content (AvgIpc) is 2.36. The van der Waals surface area contributed by atoms with Crippen LogP contribution in [0.15, 0.2) is 23.0 Å². The fourth-order valence-corrected chi connectivity index (χ4v) is 1.62. The molecule has 1 N–H and O–H groups in total. The highest BCUT2D eigenvalue weighted by molar-refractivity contribution is 5.98. The molecule has 0 spiro atoms. The van der Waals surface area contributed by atoms with Crippen LogP contribution in [0, 0.1) is 0 Å². The van der Waals surface area contributed by atoms with Crippen LogP contribution >= 0.6 is 0 Å². The van der Waals surface area contributed by atoms with Crippen LogP contribution < -0.4 is 0 Å². The first-order valence-corrected chi connectivity index (χ1v) is 5.38. The average molecular weight is 270 g/mol. The van der Waals surface area contributed by atoms with E-state index >= 15 is 0 Å². The van der Waals surface area contributed by atoms with Crippen molar-refractivity contribution < 1.29 is 33.7 Å². The van der Waals surface area contributed by atoms with E-state index in [1.165, 1.54) is 20.1 Å². The van der Waals surface area contributed by atoms with Gasteiger partial charge in [0.2, 0.25) is 0 Å². The van der Waals surface area contributed by atoms with Gasteiger partial charge in [0.1, 0.15) is 11.9 Å². The van der Waals surface area contributed by atoms with E-state index in [9.17, 15) is 14.4 Å². The summed E-state index contributed by atoms with van der Waals surface area (Å²) < 4.78 is 14.4. The Morgan fingerprint density at radius 2 is 1.84 bits per heavy atom. The summed E-state index contributed by atoms with van der Waals surface area (Å²) in [6.07, 6.45) is -0.157. The van der Waals surface area contributed by atoms with Gasteiger partial charge in [-0.15, -0.1) is 0 Å². The van der Waals surface area contributed by atoms with Gasteiger partial charge in [-0.05, 0) is 13.0 Å². The zero-order valence-corrected chi connectivity index (χ0v) is 10.8. The third-order valence-electron chi connectivity index (χ3n) is 2.53. The smallest absolute Gasteiger partial charge is 0.341 e. The lowest BCUT2D eigenvalue weighted by Gasteiger charge is -2.24. The summed E-state index contributed by atoms with van der Waals surface area (Å²) in [4.78, 5) is 33.8. The molecule has 1 heterocycles. The molecule has 104 valence electrons. The Balaban J connectivity index is 3.15. The molecular weight excluding hydrogens is 256 g/mol. The molecule has 0 aromatic carbocycles. The first-order valence-electron chi connectivity index (χ1n) is 5.38. The SMILES string of the molecule is COC(=O)C1=CC(C(=O)OC)=C(C)OC1CC(=O)O. The minimum Gasteiger partial charge on any atom is -0.489 e. The molecule has 1 unspecified atom stereocenters. The molecule has 0 aromatic heterocycles. The predicted molar refractivity (Wildman–Crippen MR) is 61.9 cm³/mol. The number of carboxylic acid groups (broad SMARTS) is 1. The molecule has 7 nitrogen and oxygen atoms in total. The molecule has 1 atom stereocenters. The molecule has 7 heteroatoms. The lowest BCUT2D eigenvalue weighted by molar-refractivity contribution is -0.140. The number of rotatable bonds is 4. The lowest BCUT2D eigenvalue weighted by Crippen LogP contribution is -2.29. The maximum atomic E-state index is 11.6. The molecule has 0 bridgehead atoms. The van der Waals surface area contributed by atoms with Gasteiger partial charge in [0, 0.05) is 0 Å². The molecule has 0 saturated carbocycles. The van der Waals surface area contributed by atoms with E-state index in [4.69, 9.17) is 9.84 Å². The first-order chi connectivity index (χ1) is 8.90. The Bertz CT molecular complexity index is 472. The number of esters is 2. The molecule has 19 heavy (non-hydrogen) atoms. The maximum absolute atomic E-state index is 11.6. The molecule has 0 radical (unpaired) electrons. The van der Waals surface area contributed by atoms with Crippen LogP contribution in [0.25, 0.3) is 0 Å². The second-order valence-electron chi connectivity index (χ2n) is 3.76. The van der Waals surface area contributed by atoms with Gasteiger partial charge in [0.15, 0.2) is 0 Å². The quantitative estimate of drug-likeness (QED) is 0.738. The highest BCUT2D eigenvalue weighted by atomic mass is 16.5. The standard InChI is InChI=1S/C12H14O7/c1-6-7(11(15)17-2)4-8(12(16)18-3)9(19-6)5-10(13)14/h4,9H,5H2,1-3H3,(H,13,14). The summed E-state index contributed by atoms with van der Waals surface area (Å²) >= 11 is 0. The Labute approximate surface area is 109 Å². The molecular formula is C12H14O7.